The van der Waals surface area contributed by atoms with Gasteiger partial charge in [0.2, 0.25) is 0 Å². The van der Waals surface area contributed by atoms with Gasteiger partial charge in [0.1, 0.15) is 11.4 Å². The molecule has 0 spiro atoms. The Morgan fingerprint density at radius 3 is 1.73 bits per heavy atom. The monoisotopic (exact) mass is 350 g/mol. The number of carbonyl (C=O) groups is 1. The molecule has 7 nitrogen and oxygen atoms in total. The molecule has 1 heterocycles. The Hall–Kier alpha value is -3.61. The molecule has 0 fully saturated rings. The van der Waals surface area contributed by atoms with Crippen LogP contribution in [0.25, 0.3) is 0 Å². The molecule has 0 aliphatic rings. The summed E-state index contributed by atoms with van der Waals surface area (Å²) < 4.78 is 2.18. The summed E-state index contributed by atoms with van der Waals surface area (Å²) in [4.78, 5) is 37.3. The summed E-state index contributed by atoms with van der Waals surface area (Å²) in [7, 11) is 0. The fourth-order valence-electron chi connectivity index (χ4n) is 2.77. The normalized spacial score (nSPS) is 10.6. The summed E-state index contributed by atoms with van der Waals surface area (Å²) in [6.45, 7) is 0.148. The number of nitrogens with two attached hydrogens (primary N) is 2. The first kappa shape index (κ1) is 17.2. The van der Waals surface area contributed by atoms with E-state index in [1.165, 1.54) is 4.57 Å². The highest BCUT2D eigenvalue weighted by atomic mass is 16.2. The maximum Gasteiger partial charge on any atom is 0.333 e. The van der Waals surface area contributed by atoms with Crippen molar-refractivity contribution in [3.63, 3.8) is 0 Å². The maximum absolute atomic E-state index is 12.9. The summed E-state index contributed by atoms with van der Waals surface area (Å²) >= 11 is 0. The highest BCUT2D eigenvalue weighted by molar-refractivity contribution is 5.96. The van der Waals surface area contributed by atoms with Crippen LogP contribution in [0, 0.1) is 0 Å². The molecule has 0 aliphatic carbocycles. The molecule has 132 valence electrons. The topological polar surface area (TPSA) is 113 Å². The fourth-order valence-corrected chi connectivity index (χ4v) is 2.77. The highest BCUT2D eigenvalue weighted by Gasteiger charge is 2.21. The number of nitrogens with zero attached hydrogens (tertiary/aromatic N) is 2. The van der Waals surface area contributed by atoms with Crippen LogP contribution in [0.1, 0.15) is 21.5 Å². The molecule has 7 heteroatoms. The Morgan fingerprint density at radius 1 is 0.808 bits per heavy atom. The van der Waals surface area contributed by atoms with Crippen LogP contribution in [0.3, 0.4) is 0 Å². The Labute approximate surface area is 149 Å². The van der Waals surface area contributed by atoms with E-state index in [1.54, 1.807) is 24.3 Å². The summed E-state index contributed by atoms with van der Waals surface area (Å²) in [5.41, 5.74) is 11.1. The lowest BCUT2D eigenvalue weighted by Gasteiger charge is -2.15. The van der Waals surface area contributed by atoms with E-state index in [1.807, 2.05) is 36.4 Å². The van der Waals surface area contributed by atoms with Crippen LogP contribution in [-0.4, -0.2) is 15.0 Å². The van der Waals surface area contributed by atoms with Crippen LogP contribution in [0.15, 0.2) is 70.3 Å². The third-order valence-electron chi connectivity index (χ3n) is 4.08. The molecule has 0 atom stereocenters. The van der Waals surface area contributed by atoms with Gasteiger partial charge in [0.05, 0.1) is 13.1 Å². The molecule has 0 radical (unpaired) electrons. The highest BCUT2D eigenvalue weighted by Crippen LogP contribution is 2.09. The molecular formula is C19H18N4O3. The second-order valence-electron chi connectivity index (χ2n) is 5.86. The van der Waals surface area contributed by atoms with Crippen LogP contribution in [-0.2, 0) is 13.1 Å². The number of amides is 1. The molecule has 2 aromatic carbocycles. The van der Waals surface area contributed by atoms with Gasteiger partial charge in [-0.1, -0.05) is 60.7 Å². The first-order chi connectivity index (χ1) is 12.5. The van der Waals surface area contributed by atoms with Crippen molar-refractivity contribution in [2.45, 2.75) is 13.1 Å². The minimum Gasteiger partial charge on any atom is -0.384 e. The minimum atomic E-state index is -0.962. The van der Waals surface area contributed by atoms with E-state index in [0.29, 0.717) is 0 Å². The number of aromatic nitrogens is 2. The van der Waals surface area contributed by atoms with E-state index in [0.717, 1.165) is 15.7 Å². The molecule has 3 rings (SSSR count). The fraction of sp³-hybridized carbons (Fsp3) is 0.105. The number of hydrogen-bond donors (Lipinski definition) is 2. The van der Waals surface area contributed by atoms with Gasteiger partial charge in [-0.2, -0.15) is 0 Å². The quantitative estimate of drug-likeness (QED) is 0.708. The lowest BCUT2D eigenvalue weighted by atomic mass is 10.2. The Bertz CT molecular complexity index is 1050. The molecule has 1 amide bonds. The van der Waals surface area contributed by atoms with Gasteiger partial charge in [-0.15, -0.1) is 0 Å². The molecule has 3 aromatic rings. The molecule has 0 saturated heterocycles. The lowest BCUT2D eigenvalue weighted by Crippen LogP contribution is -2.45. The van der Waals surface area contributed by atoms with Gasteiger partial charge in [0.25, 0.3) is 11.5 Å². The van der Waals surface area contributed by atoms with E-state index < -0.39 is 17.2 Å². The van der Waals surface area contributed by atoms with Gasteiger partial charge in [-0.25, -0.2) is 4.79 Å². The number of nitrogen functional groups attached to an aromatic ring is 1. The zero-order chi connectivity index (χ0) is 18.7. The van der Waals surface area contributed by atoms with Crippen molar-refractivity contribution in [3.05, 3.63) is 98.2 Å². The second kappa shape index (κ2) is 7.10. The maximum atomic E-state index is 12.9. The van der Waals surface area contributed by atoms with Crippen LogP contribution in [0.5, 0.6) is 0 Å². The van der Waals surface area contributed by atoms with Gasteiger partial charge in [0, 0.05) is 0 Å². The van der Waals surface area contributed by atoms with Crippen molar-refractivity contribution in [1.82, 2.24) is 9.13 Å². The van der Waals surface area contributed by atoms with Gasteiger partial charge in [-0.3, -0.25) is 18.7 Å². The molecular weight excluding hydrogens is 332 g/mol. The van der Waals surface area contributed by atoms with E-state index in [9.17, 15) is 14.4 Å². The smallest absolute Gasteiger partial charge is 0.333 e. The van der Waals surface area contributed by atoms with Gasteiger partial charge in [-0.05, 0) is 11.1 Å². The molecule has 4 N–H and O–H groups in total. The average Bonchev–Trinajstić information content (AvgIpc) is 2.64. The van der Waals surface area contributed by atoms with Crippen LogP contribution >= 0.6 is 0 Å². The lowest BCUT2D eigenvalue weighted by molar-refractivity contribution is 0.0998. The third-order valence-corrected chi connectivity index (χ3v) is 4.08. The van der Waals surface area contributed by atoms with Crippen LogP contribution in [0.2, 0.25) is 0 Å². The van der Waals surface area contributed by atoms with Crippen molar-refractivity contribution in [2.24, 2.45) is 5.73 Å². The molecule has 0 bridgehead atoms. The molecule has 0 saturated carbocycles. The predicted molar refractivity (Wildman–Crippen MR) is 99.0 cm³/mol. The van der Waals surface area contributed by atoms with Crippen LogP contribution < -0.4 is 22.7 Å². The predicted octanol–water partition coefficient (Wildman–Crippen LogP) is 0.788. The summed E-state index contributed by atoms with van der Waals surface area (Å²) in [5, 5.41) is 0. The molecule has 26 heavy (non-hydrogen) atoms. The molecule has 0 aliphatic heterocycles. The van der Waals surface area contributed by atoms with Crippen molar-refractivity contribution in [3.8, 4) is 0 Å². The van der Waals surface area contributed by atoms with Crippen LogP contribution in [0.4, 0.5) is 5.82 Å². The second-order valence-corrected chi connectivity index (χ2v) is 5.86. The van der Waals surface area contributed by atoms with E-state index >= 15 is 0 Å². The van der Waals surface area contributed by atoms with Crippen molar-refractivity contribution in [1.29, 1.82) is 0 Å². The first-order valence-corrected chi connectivity index (χ1v) is 8.00. The van der Waals surface area contributed by atoms with Crippen molar-refractivity contribution >= 4 is 11.7 Å². The first-order valence-electron chi connectivity index (χ1n) is 8.00. The number of benzene rings is 2. The number of primary amides is 1. The average molecular weight is 350 g/mol. The zero-order valence-corrected chi connectivity index (χ0v) is 14.0. The van der Waals surface area contributed by atoms with Gasteiger partial charge >= 0.3 is 5.69 Å². The number of anilines is 1. The zero-order valence-electron chi connectivity index (χ0n) is 14.0. The van der Waals surface area contributed by atoms with Gasteiger partial charge in [0.15, 0.2) is 0 Å². The van der Waals surface area contributed by atoms with E-state index in [-0.39, 0.29) is 24.5 Å². The van der Waals surface area contributed by atoms with Crippen molar-refractivity contribution < 1.29 is 4.79 Å². The molecule has 0 unspecified atom stereocenters. The summed E-state index contributed by atoms with van der Waals surface area (Å²) in [5.74, 6) is -1.18. The standard InChI is InChI=1S/C19H18N4O3/c20-16-15(17(21)24)18(25)23(12-14-9-5-2-6-10-14)19(26)22(16)11-13-7-3-1-4-8-13/h1-10H,11-12,20H2,(H2,21,24). The minimum absolute atomic E-state index is 0.0217. The van der Waals surface area contributed by atoms with Gasteiger partial charge < -0.3 is 11.5 Å². The largest absolute Gasteiger partial charge is 0.384 e. The van der Waals surface area contributed by atoms with E-state index in [4.69, 9.17) is 11.5 Å². The van der Waals surface area contributed by atoms with E-state index in [2.05, 4.69) is 0 Å². The SMILES string of the molecule is NC(=O)c1c(N)n(Cc2ccccc2)c(=O)n(Cc2ccccc2)c1=O. The number of hydrogen-bond acceptors (Lipinski definition) is 4. The summed E-state index contributed by atoms with van der Waals surface area (Å²) in [6, 6.07) is 18.1. The Kier molecular flexibility index (Phi) is 4.70. The molecule has 1 aromatic heterocycles. The Morgan fingerprint density at radius 2 is 1.27 bits per heavy atom. The third kappa shape index (κ3) is 3.27. The number of rotatable bonds is 5. The van der Waals surface area contributed by atoms with Crippen molar-refractivity contribution in [2.75, 3.05) is 5.73 Å². The summed E-state index contributed by atoms with van der Waals surface area (Å²) in [6.07, 6.45) is 0. The Balaban J connectivity index is 2.19. The number of carbonyl (C=O) groups excluding carboxylic acids is 1.